The number of para-hydroxylation sites is 1. The van der Waals surface area contributed by atoms with Crippen LogP contribution in [-0.2, 0) is 15.1 Å². The molecule has 2 heterocycles. The molecule has 1 spiro atoms. The Hall–Kier alpha value is -1.75. The number of carbonyl (C=O) groups is 1. The highest BCUT2D eigenvalue weighted by Crippen LogP contribution is 2.53. The van der Waals surface area contributed by atoms with E-state index in [1.165, 1.54) is 4.90 Å². The Kier molecular flexibility index (Phi) is 2.50. The van der Waals surface area contributed by atoms with E-state index in [1.54, 1.807) is 31.3 Å². The largest absolute Gasteiger partial charge is 0.355 e. The molecule has 3 rings (SSSR count). The number of rotatable bonds is 1. The molecule has 2 atom stereocenters. The van der Waals surface area contributed by atoms with Gasteiger partial charge in [-0.3, -0.25) is 4.79 Å². The van der Waals surface area contributed by atoms with Gasteiger partial charge in [-0.15, -0.1) is 0 Å². The lowest BCUT2D eigenvalue weighted by Gasteiger charge is -2.28. The minimum atomic E-state index is -2.68. The van der Waals surface area contributed by atoms with E-state index in [0.717, 1.165) is 0 Å². The number of anilines is 1. The van der Waals surface area contributed by atoms with Gasteiger partial charge in [0.15, 0.2) is 5.60 Å². The molecule has 0 unspecified atom stereocenters. The minimum absolute atomic E-state index is 0.0110. The number of hydrogen-bond donors (Lipinski definition) is 0. The zero-order valence-electron chi connectivity index (χ0n) is 10.4. The number of alkyl halides is 2. The zero-order chi connectivity index (χ0) is 13.8. The Balaban J connectivity index is 2.24. The topological polar surface area (TPSA) is 29.5 Å². The molecule has 100 valence electrons. The van der Waals surface area contributed by atoms with Gasteiger partial charge in [-0.2, -0.15) is 0 Å². The number of benzene rings is 1. The summed E-state index contributed by atoms with van der Waals surface area (Å²) in [4.78, 5) is 13.9. The number of amides is 1. The van der Waals surface area contributed by atoms with Crippen LogP contribution < -0.4 is 4.90 Å². The van der Waals surface area contributed by atoms with Crippen LogP contribution in [0.15, 0.2) is 36.4 Å². The van der Waals surface area contributed by atoms with E-state index in [4.69, 9.17) is 4.74 Å². The maximum atomic E-state index is 13.4. The second kappa shape index (κ2) is 3.87. The van der Waals surface area contributed by atoms with Gasteiger partial charge in [0.1, 0.15) is 0 Å². The first kappa shape index (κ1) is 12.3. The quantitative estimate of drug-likeness (QED) is 0.729. The zero-order valence-corrected chi connectivity index (χ0v) is 10.4. The maximum Gasteiger partial charge on any atom is 0.264 e. The predicted molar refractivity (Wildman–Crippen MR) is 66.1 cm³/mol. The van der Waals surface area contributed by atoms with Crippen LogP contribution in [0.3, 0.4) is 0 Å². The van der Waals surface area contributed by atoms with Crippen LogP contribution in [0.5, 0.6) is 0 Å². The van der Waals surface area contributed by atoms with E-state index in [-0.39, 0.29) is 12.2 Å². The fraction of sp³-hybridized carbons (Fsp3) is 0.357. The fourth-order valence-corrected chi connectivity index (χ4v) is 3.02. The van der Waals surface area contributed by atoms with Gasteiger partial charge in [0.25, 0.3) is 5.91 Å². The average molecular weight is 265 g/mol. The minimum Gasteiger partial charge on any atom is -0.355 e. The molecule has 0 aromatic heterocycles. The summed E-state index contributed by atoms with van der Waals surface area (Å²) in [5.41, 5.74) is -0.205. The van der Waals surface area contributed by atoms with Gasteiger partial charge >= 0.3 is 0 Å². The third kappa shape index (κ3) is 1.36. The molecule has 1 aromatic rings. The highest BCUT2D eigenvalue weighted by atomic mass is 19.3. The van der Waals surface area contributed by atoms with Crippen molar-refractivity contribution < 1.29 is 18.3 Å². The van der Waals surface area contributed by atoms with E-state index in [1.807, 2.05) is 0 Å². The number of fused-ring (bicyclic) bond motifs is 2. The van der Waals surface area contributed by atoms with Gasteiger partial charge in [-0.25, -0.2) is 8.78 Å². The second-order valence-electron chi connectivity index (χ2n) is 4.88. The summed E-state index contributed by atoms with van der Waals surface area (Å²) >= 11 is 0. The van der Waals surface area contributed by atoms with Gasteiger partial charge < -0.3 is 9.64 Å². The molecule has 0 radical (unpaired) electrons. The van der Waals surface area contributed by atoms with Gasteiger partial charge in [0, 0.05) is 12.6 Å². The molecule has 19 heavy (non-hydrogen) atoms. The van der Waals surface area contributed by atoms with E-state index < -0.39 is 23.9 Å². The van der Waals surface area contributed by atoms with E-state index in [2.05, 4.69) is 6.58 Å². The molecular formula is C14H13F2NO2. The van der Waals surface area contributed by atoms with Crippen LogP contribution in [0, 0.1) is 5.92 Å². The van der Waals surface area contributed by atoms with Crippen LogP contribution in [0.2, 0.25) is 0 Å². The van der Waals surface area contributed by atoms with E-state index in [0.29, 0.717) is 11.3 Å². The normalized spacial score (nSPS) is 29.7. The number of halogens is 2. The van der Waals surface area contributed by atoms with Gasteiger partial charge in [-0.05, 0) is 11.6 Å². The smallest absolute Gasteiger partial charge is 0.264 e. The Labute approximate surface area is 109 Å². The molecule has 0 N–H and O–H groups in total. The van der Waals surface area contributed by atoms with Gasteiger partial charge in [0.05, 0.1) is 18.2 Å². The van der Waals surface area contributed by atoms with Crippen molar-refractivity contribution in [2.75, 3.05) is 18.6 Å². The predicted octanol–water partition coefficient (Wildman–Crippen LogP) is 2.33. The van der Waals surface area contributed by atoms with Crippen molar-refractivity contribution in [2.45, 2.75) is 12.0 Å². The number of ether oxygens (including phenoxy) is 1. The average Bonchev–Trinajstić information content (AvgIpc) is 2.84. The standard InChI is InChI=1S/C14H13F2NO2/c1-8-7-19-14(11(8)12(15)16)9-5-3-4-6-10(9)17(2)13(14)18/h3-6,11-12H,1,7H2,2H3/t11-,14+/m1/s1. The Morgan fingerprint density at radius 3 is 2.84 bits per heavy atom. The van der Waals surface area contributed by atoms with Crippen molar-refractivity contribution in [3.05, 3.63) is 42.0 Å². The first-order valence-electron chi connectivity index (χ1n) is 5.97. The van der Waals surface area contributed by atoms with Crippen molar-refractivity contribution in [3.8, 4) is 0 Å². The summed E-state index contributed by atoms with van der Waals surface area (Å²) < 4.78 is 32.3. The molecule has 2 aliphatic heterocycles. The van der Waals surface area contributed by atoms with Crippen LogP contribution in [0.1, 0.15) is 5.56 Å². The molecule has 3 nitrogen and oxygen atoms in total. The summed E-state index contributed by atoms with van der Waals surface area (Å²) in [5.74, 6) is -1.73. The van der Waals surface area contributed by atoms with Crippen LogP contribution in [0.4, 0.5) is 14.5 Å². The highest BCUT2D eigenvalue weighted by molar-refractivity contribution is 6.07. The molecule has 1 fully saturated rings. The fourth-order valence-electron chi connectivity index (χ4n) is 3.02. The summed E-state index contributed by atoms with van der Waals surface area (Å²) in [6.45, 7) is 3.62. The molecule has 0 saturated carbocycles. The third-order valence-electron chi connectivity index (χ3n) is 3.90. The van der Waals surface area contributed by atoms with Gasteiger partial charge in [0.2, 0.25) is 6.43 Å². The number of likely N-dealkylation sites (N-methyl/N-ethyl adjacent to an activating group) is 1. The van der Waals surface area contributed by atoms with Crippen molar-refractivity contribution in [2.24, 2.45) is 5.92 Å². The molecule has 1 saturated heterocycles. The van der Waals surface area contributed by atoms with Crippen LogP contribution >= 0.6 is 0 Å². The third-order valence-corrected chi connectivity index (χ3v) is 3.90. The first-order valence-corrected chi connectivity index (χ1v) is 5.97. The van der Waals surface area contributed by atoms with Crippen molar-refractivity contribution in [1.82, 2.24) is 0 Å². The Morgan fingerprint density at radius 1 is 1.47 bits per heavy atom. The molecule has 0 bridgehead atoms. The Morgan fingerprint density at radius 2 is 2.16 bits per heavy atom. The molecule has 1 amide bonds. The lowest BCUT2D eigenvalue weighted by molar-refractivity contribution is -0.146. The lowest BCUT2D eigenvalue weighted by Crippen LogP contribution is -2.45. The lowest BCUT2D eigenvalue weighted by atomic mass is 9.80. The molecule has 0 aliphatic carbocycles. The number of nitrogens with zero attached hydrogens (tertiary/aromatic N) is 1. The molecule has 2 aliphatic rings. The molecular weight excluding hydrogens is 252 g/mol. The summed E-state index contributed by atoms with van der Waals surface area (Å²) in [7, 11) is 1.57. The summed E-state index contributed by atoms with van der Waals surface area (Å²) in [6, 6.07) is 6.89. The Bertz CT molecular complexity index is 572. The number of hydrogen-bond acceptors (Lipinski definition) is 2. The van der Waals surface area contributed by atoms with Crippen LogP contribution in [-0.4, -0.2) is 26.0 Å². The SMILES string of the molecule is C=C1CO[C@]2(C(=O)N(C)c3ccccc32)[C@H]1C(F)F. The summed E-state index contributed by atoms with van der Waals surface area (Å²) in [5, 5.41) is 0. The van der Waals surface area contributed by atoms with Crippen molar-refractivity contribution in [3.63, 3.8) is 0 Å². The van der Waals surface area contributed by atoms with Crippen LogP contribution in [0.25, 0.3) is 0 Å². The first-order chi connectivity index (χ1) is 9.00. The number of carbonyl (C=O) groups excluding carboxylic acids is 1. The molecule has 1 aromatic carbocycles. The van der Waals surface area contributed by atoms with Gasteiger partial charge in [-0.1, -0.05) is 24.8 Å². The second-order valence-corrected chi connectivity index (χ2v) is 4.88. The highest BCUT2D eigenvalue weighted by Gasteiger charge is 2.62. The van der Waals surface area contributed by atoms with E-state index >= 15 is 0 Å². The summed E-state index contributed by atoms with van der Waals surface area (Å²) in [6.07, 6.45) is -2.68. The maximum absolute atomic E-state index is 13.4. The monoisotopic (exact) mass is 265 g/mol. The van der Waals surface area contributed by atoms with Crippen molar-refractivity contribution >= 4 is 11.6 Å². The molecule has 5 heteroatoms. The van der Waals surface area contributed by atoms with E-state index in [9.17, 15) is 13.6 Å². The van der Waals surface area contributed by atoms with Crippen molar-refractivity contribution in [1.29, 1.82) is 0 Å².